The molecule has 2 aliphatic carbocycles. The van der Waals surface area contributed by atoms with E-state index in [2.05, 4.69) is 12.2 Å². The third kappa shape index (κ3) is 1.84. The Balaban J connectivity index is 1.97. The number of allylic oxidation sites excluding steroid dienone is 2. The van der Waals surface area contributed by atoms with Crippen LogP contribution in [-0.2, 0) is 9.53 Å². The Kier molecular flexibility index (Phi) is 2.17. The van der Waals surface area contributed by atoms with E-state index in [1.807, 2.05) is 20.8 Å². The Morgan fingerprint density at radius 3 is 2.43 bits per heavy atom. The average molecular weight is 194 g/mol. The lowest BCUT2D eigenvalue weighted by molar-refractivity contribution is -0.160. The molecule has 2 heteroatoms. The molecule has 1 fully saturated rings. The molecule has 0 aromatic rings. The lowest BCUT2D eigenvalue weighted by atomic mass is 9.93. The van der Waals surface area contributed by atoms with Crippen molar-refractivity contribution < 1.29 is 9.53 Å². The first-order chi connectivity index (χ1) is 6.46. The van der Waals surface area contributed by atoms with E-state index in [9.17, 15) is 4.79 Å². The fraction of sp³-hybridized carbons (Fsp3) is 0.750. The van der Waals surface area contributed by atoms with E-state index < -0.39 is 0 Å². The second kappa shape index (κ2) is 3.11. The Morgan fingerprint density at radius 2 is 2.00 bits per heavy atom. The van der Waals surface area contributed by atoms with Gasteiger partial charge >= 0.3 is 5.97 Å². The fourth-order valence-electron chi connectivity index (χ4n) is 2.43. The van der Waals surface area contributed by atoms with Crippen molar-refractivity contribution in [2.75, 3.05) is 0 Å². The summed E-state index contributed by atoms with van der Waals surface area (Å²) in [6.07, 6.45) is 6.58. The van der Waals surface area contributed by atoms with E-state index in [0.29, 0.717) is 11.8 Å². The van der Waals surface area contributed by atoms with Crippen molar-refractivity contribution in [2.45, 2.75) is 39.2 Å². The quantitative estimate of drug-likeness (QED) is 0.473. The maximum Gasteiger partial charge on any atom is 0.310 e. The standard InChI is InChI=1S/C12H18O2/c1-12(2,3)14-11(13)10-7-8-4-5-9(10)6-8/h4-5,8-10H,6-7H2,1-3H3/t8-,9-,10?/m0/s1. The highest BCUT2D eigenvalue weighted by Gasteiger charge is 2.41. The SMILES string of the molecule is CC(C)(C)OC(=O)C1C[C@H]2C=C[C@H]1C2. The third-order valence-electron chi connectivity index (χ3n) is 2.99. The van der Waals surface area contributed by atoms with Gasteiger partial charge in [-0.15, -0.1) is 0 Å². The van der Waals surface area contributed by atoms with Gasteiger partial charge in [0.25, 0.3) is 0 Å². The topological polar surface area (TPSA) is 26.3 Å². The van der Waals surface area contributed by atoms with Gasteiger partial charge in [-0.2, -0.15) is 0 Å². The van der Waals surface area contributed by atoms with Crippen LogP contribution in [0.5, 0.6) is 0 Å². The molecule has 0 saturated heterocycles. The first-order valence-electron chi connectivity index (χ1n) is 5.37. The van der Waals surface area contributed by atoms with Crippen molar-refractivity contribution in [2.24, 2.45) is 17.8 Å². The lowest BCUT2D eigenvalue weighted by Crippen LogP contribution is -2.30. The molecule has 0 heterocycles. The second-order valence-corrected chi connectivity index (χ2v) is 5.42. The number of carbonyl (C=O) groups excluding carboxylic acids is 1. The minimum atomic E-state index is -0.345. The largest absolute Gasteiger partial charge is 0.460 e. The first kappa shape index (κ1) is 9.75. The number of fused-ring (bicyclic) bond motifs is 2. The Morgan fingerprint density at radius 1 is 1.29 bits per heavy atom. The van der Waals surface area contributed by atoms with Crippen LogP contribution in [0.15, 0.2) is 12.2 Å². The highest BCUT2D eigenvalue weighted by molar-refractivity contribution is 5.74. The van der Waals surface area contributed by atoms with Crippen LogP contribution in [0.2, 0.25) is 0 Å². The summed E-state index contributed by atoms with van der Waals surface area (Å²) in [5.74, 6) is 1.21. The first-order valence-corrected chi connectivity index (χ1v) is 5.37. The molecule has 0 amide bonds. The number of ether oxygens (including phenoxy) is 1. The maximum absolute atomic E-state index is 11.8. The van der Waals surface area contributed by atoms with Crippen molar-refractivity contribution in [1.82, 2.24) is 0 Å². The molecule has 3 atom stereocenters. The molecule has 2 rings (SSSR count). The molecule has 0 radical (unpaired) electrons. The molecule has 78 valence electrons. The molecule has 2 nitrogen and oxygen atoms in total. The monoisotopic (exact) mass is 194 g/mol. The molecule has 0 aliphatic heterocycles. The minimum absolute atomic E-state index is 0.00523. The molecule has 0 aromatic heterocycles. The van der Waals surface area contributed by atoms with Gasteiger partial charge in [-0.1, -0.05) is 12.2 Å². The Labute approximate surface area is 85.3 Å². The lowest BCUT2D eigenvalue weighted by Gasteiger charge is -2.24. The van der Waals surface area contributed by atoms with Gasteiger partial charge in [0.05, 0.1) is 5.92 Å². The normalized spacial score (nSPS) is 34.9. The van der Waals surface area contributed by atoms with Gasteiger partial charge in [-0.3, -0.25) is 4.79 Å². The number of carbonyl (C=O) groups is 1. The van der Waals surface area contributed by atoms with Crippen LogP contribution in [0.1, 0.15) is 33.6 Å². The van der Waals surface area contributed by atoms with E-state index in [1.54, 1.807) is 0 Å². The number of esters is 1. The number of hydrogen-bond donors (Lipinski definition) is 0. The van der Waals surface area contributed by atoms with Crippen molar-refractivity contribution in [1.29, 1.82) is 0 Å². The average Bonchev–Trinajstić information content (AvgIpc) is 2.59. The molecule has 0 aromatic carbocycles. The summed E-state index contributed by atoms with van der Waals surface area (Å²) in [6, 6.07) is 0. The third-order valence-corrected chi connectivity index (χ3v) is 2.99. The zero-order valence-corrected chi connectivity index (χ0v) is 9.12. The van der Waals surface area contributed by atoms with Crippen molar-refractivity contribution in [3.63, 3.8) is 0 Å². The predicted octanol–water partition coefficient (Wildman–Crippen LogP) is 2.54. The van der Waals surface area contributed by atoms with Crippen molar-refractivity contribution in [3.8, 4) is 0 Å². The molecule has 2 aliphatic rings. The summed E-state index contributed by atoms with van der Waals surface area (Å²) in [4.78, 5) is 11.8. The zero-order valence-electron chi connectivity index (χ0n) is 9.12. The van der Waals surface area contributed by atoms with Crippen molar-refractivity contribution >= 4 is 5.97 Å². The van der Waals surface area contributed by atoms with Gasteiger partial charge in [0.2, 0.25) is 0 Å². The second-order valence-electron chi connectivity index (χ2n) is 5.42. The summed E-state index contributed by atoms with van der Waals surface area (Å²) in [7, 11) is 0. The highest BCUT2D eigenvalue weighted by Crippen LogP contribution is 2.44. The van der Waals surface area contributed by atoms with Crippen molar-refractivity contribution in [3.05, 3.63) is 12.2 Å². The van der Waals surface area contributed by atoms with Crippen LogP contribution in [0, 0.1) is 17.8 Å². The van der Waals surface area contributed by atoms with E-state index >= 15 is 0 Å². The van der Waals surface area contributed by atoms with Gasteiger partial charge in [0, 0.05) is 0 Å². The minimum Gasteiger partial charge on any atom is -0.460 e. The van der Waals surface area contributed by atoms with Gasteiger partial charge in [-0.25, -0.2) is 0 Å². The molecule has 14 heavy (non-hydrogen) atoms. The Hall–Kier alpha value is -0.790. The summed E-state index contributed by atoms with van der Waals surface area (Å²) in [6.45, 7) is 5.77. The molecular formula is C12H18O2. The van der Waals surface area contributed by atoms with Crippen LogP contribution in [0.4, 0.5) is 0 Å². The Bertz CT molecular complexity index is 273. The molecular weight excluding hydrogens is 176 g/mol. The van der Waals surface area contributed by atoms with E-state index in [0.717, 1.165) is 12.8 Å². The molecule has 2 bridgehead atoms. The van der Waals surface area contributed by atoms with Crippen LogP contribution < -0.4 is 0 Å². The van der Waals surface area contributed by atoms with Gasteiger partial charge in [0.15, 0.2) is 0 Å². The summed E-state index contributed by atoms with van der Waals surface area (Å²) in [5.41, 5.74) is -0.345. The van der Waals surface area contributed by atoms with Gasteiger partial charge < -0.3 is 4.74 Å². The summed E-state index contributed by atoms with van der Waals surface area (Å²) < 4.78 is 5.40. The summed E-state index contributed by atoms with van der Waals surface area (Å²) >= 11 is 0. The van der Waals surface area contributed by atoms with Crippen LogP contribution in [0.3, 0.4) is 0 Å². The van der Waals surface area contributed by atoms with Gasteiger partial charge in [-0.05, 0) is 45.4 Å². The summed E-state index contributed by atoms with van der Waals surface area (Å²) in [5, 5.41) is 0. The predicted molar refractivity (Wildman–Crippen MR) is 54.7 cm³/mol. The fourth-order valence-corrected chi connectivity index (χ4v) is 2.43. The van der Waals surface area contributed by atoms with E-state index in [1.165, 1.54) is 0 Å². The smallest absolute Gasteiger partial charge is 0.310 e. The van der Waals surface area contributed by atoms with E-state index in [-0.39, 0.29) is 17.5 Å². The van der Waals surface area contributed by atoms with Crippen LogP contribution in [-0.4, -0.2) is 11.6 Å². The number of hydrogen-bond acceptors (Lipinski definition) is 2. The maximum atomic E-state index is 11.8. The molecule has 0 spiro atoms. The molecule has 1 saturated carbocycles. The van der Waals surface area contributed by atoms with Crippen LogP contribution >= 0.6 is 0 Å². The van der Waals surface area contributed by atoms with Gasteiger partial charge in [0.1, 0.15) is 5.60 Å². The zero-order chi connectivity index (χ0) is 10.3. The van der Waals surface area contributed by atoms with Crippen LogP contribution in [0.25, 0.3) is 0 Å². The van der Waals surface area contributed by atoms with E-state index in [4.69, 9.17) is 4.74 Å². The number of rotatable bonds is 1. The molecule has 1 unspecified atom stereocenters. The molecule has 0 N–H and O–H groups in total. The highest BCUT2D eigenvalue weighted by atomic mass is 16.6.